The Morgan fingerprint density at radius 1 is 1.27 bits per heavy atom. The number of nitrogens with zero attached hydrogens (tertiary/aromatic N) is 1. The Hall–Kier alpha value is 0.189. The standard InChI is InChI=1S/C13H25NSe/c1-4-6-7-9-13-14-11(3)10-12(15-13)8-5-2/h11-12H,4-10H2,1-3H3. The summed E-state index contributed by atoms with van der Waals surface area (Å²) in [5.74, 6) is 0. The van der Waals surface area contributed by atoms with E-state index in [0.717, 1.165) is 19.8 Å². The van der Waals surface area contributed by atoms with Crippen LogP contribution in [0.25, 0.3) is 0 Å². The van der Waals surface area contributed by atoms with Gasteiger partial charge >= 0.3 is 101 Å². The monoisotopic (exact) mass is 275 g/mol. The second-order valence-electron chi connectivity index (χ2n) is 4.59. The van der Waals surface area contributed by atoms with Crippen molar-refractivity contribution in [2.45, 2.75) is 76.6 Å². The van der Waals surface area contributed by atoms with Crippen molar-refractivity contribution in [2.75, 3.05) is 0 Å². The van der Waals surface area contributed by atoms with Crippen LogP contribution in [-0.2, 0) is 0 Å². The Morgan fingerprint density at radius 3 is 2.73 bits per heavy atom. The minimum atomic E-state index is 0.605. The van der Waals surface area contributed by atoms with Crippen LogP contribution < -0.4 is 0 Å². The Bertz CT molecular complexity index is 201. The zero-order valence-corrected chi connectivity index (χ0v) is 12.2. The molecule has 2 atom stereocenters. The molecule has 0 saturated carbocycles. The van der Waals surface area contributed by atoms with Crippen LogP contribution >= 0.6 is 0 Å². The average molecular weight is 274 g/mol. The summed E-state index contributed by atoms with van der Waals surface area (Å²) in [5.41, 5.74) is 0. The van der Waals surface area contributed by atoms with E-state index in [9.17, 15) is 0 Å². The van der Waals surface area contributed by atoms with Gasteiger partial charge in [0.2, 0.25) is 0 Å². The van der Waals surface area contributed by atoms with Gasteiger partial charge in [0.25, 0.3) is 0 Å². The van der Waals surface area contributed by atoms with E-state index in [4.69, 9.17) is 4.99 Å². The van der Waals surface area contributed by atoms with Crippen molar-refractivity contribution in [3.05, 3.63) is 0 Å². The summed E-state index contributed by atoms with van der Waals surface area (Å²) in [6, 6.07) is 0.605. The zero-order chi connectivity index (χ0) is 11.1. The second-order valence-corrected chi connectivity index (χ2v) is 7.48. The summed E-state index contributed by atoms with van der Waals surface area (Å²) in [6.45, 7) is 6.87. The van der Waals surface area contributed by atoms with Gasteiger partial charge in [-0.3, -0.25) is 0 Å². The van der Waals surface area contributed by atoms with Gasteiger partial charge in [-0.15, -0.1) is 0 Å². The van der Waals surface area contributed by atoms with Crippen molar-refractivity contribution in [1.82, 2.24) is 0 Å². The molecular formula is C13H25NSe. The molecule has 0 saturated heterocycles. The van der Waals surface area contributed by atoms with Crippen LogP contribution in [0, 0.1) is 0 Å². The number of hydrogen-bond acceptors (Lipinski definition) is 1. The first-order chi connectivity index (χ1) is 7.26. The summed E-state index contributed by atoms with van der Waals surface area (Å²) >= 11 is 0.719. The third-order valence-electron chi connectivity index (χ3n) is 2.88. The Labute approximate surface area is 101 Å². The molecule has 0 bridgehead atoms. The van der Waals surface area contributed by atoms with Crippen molar-refractivity contribution < 1.29 is 0 Å². The van der Waals surface area contributed by atoms with Gasteiger partial charge < -0.3 is 0 Å². The van der Waals surface area contributed by atoms with Crippen molar-refractivity contribution in [3.8, 4) is 0 Å². The molecule has 1 nitrogen and oxygen atoms in total. The van der Waals surface area contributed by atoms with Gasteiger partial charge in [0.1, 0.15) is 0 Å². The maximum atomic E-state index is 4.83. The molecule has 1 rings (SSSR count). The molecule has 0 aromatic rings. The van der Waals surface area contributed by atoms with E-state index in [0.29, 0.717) is 6.04 Å². The van der Waals surface area contributed by atoms with Crippen LogP contribution in [0.5, 0.6) is 0 Å². The maximum absolute atomic E-state index is 4.83. The molecular weight excluding hydrogens is 249 g/mol. The molecule has 0 aromatic heterocycles. The number of rotatable bonds is 6. The zero-order valence-electron chi connectivity index (χ0n) is 10.5. The summed E-state index contributed by atoms with van der Waals surface area (Å²) in [4.78, 5) is 5.82. The van der Waals surface area contributed by atoms with E-state index < -0.39 is 0 Å². The molecule has 2 heteroatoms. The molecule has 1 aliphatic heterocycles. The Balaban J connectivity index is 2.35. The van der Waals surface area contributed by atoms with Crippen LogP contribution in [0.1, 0.15) is 65.7 Å². The van der Waals surface area contributed by atoms with E-state index in [1.165, 1.54) is 44.9 Å². The van der Waals surface area contributed by atoms with Crippen molar-refractivity contribution >= 4 is 19.6 Å². The molecule has 0 spiro atoms. The number of hydrogen-bond donors (Lipinski definition) is 0. The molecule has 88 valence electrons. The van der Waals surface area contributed by atoms with Gasteiger partial charge in [0, 0.05) is 0 Å². The van der Waals surface area contributed by atoms with Gasteiger partial charge in [0.15, 0.2) is 0 Å². The fraction of sp³-hybridized carbons (Fsp3) is 0.923. The number of aliphatic imine (C=N–C) groups is 1. The third kappa shape index (κ3) is 5.17. The predicted molar refractivity (Wildman–Crippen MR) is 70.1 cm³/mol. The molecule has 1 aliphatic rings. The van der Waals surface area contributed by atoms with Gasteiger partial charge in [-0.25, -0.2) is 0 Å². The van der Waals surface area contributed by atoms with Gasteiger partial charge in [-0.2, -0.15) is 0 Å². The SMILES string of the molecule is CCCCCC1=NC(C)CC(CCC)[Se]1. The van der Waals surface area contributed by atoms with Crippen molar-refractivity contribution in [2.24, 2.45) is 4.99 Å². The number of unbranched alkanes of at least 4 members (excludes halogenated alkanes) is 2. The summed E-state index contributed by atoms with van der Waals surface area (Å²) in [5, 5.41) is 0. The van der Waals surface area contributed by atoms with Crippen molar-refractivity contribution in [1.29, 1.82) is 0 Å². The molecule has 0 amide bonds. The van der Waals surface area contributed by atoms with Crippen LogP contribution in [0.3, 0.4) is 0 Å². The summed E-state index contributed by atoms with van der Waals surface area (Å²) < 4.78 is 1.58. The second kappa shape index (κ2) is 7.46. The fourth-order valence-corrected chi connectivity index (χ4v) is 5.49. The molecule has 0 radical (unpaired) electrons. The van der Waals surface area contributed by atoms with Gasteiger partial charge in [-0.1, -0.05) is 0 Å². The molecule has 0 aromatic carbocycles. The van der Waals surface area contributed by atoms with E-state index >= 15 is 0 Å². The predicted octanol–water partition coefficient (Wildman–Crippen LogP) is 4.05. The molecule has 0 fully saturated rings. The van der Waals surface area contributed by atoms with Crippen LogP contribution in [0.2, 0.25) is 4.82 Å². The minimum absolute atomic E-state index is 0.605. The topological polar surface area (TPSA) is 12.4 Å². The van der Waals surface area contributed by atoms with E-state index in [-0.39, 0.29) is 0 Å². The van der Waals surface area contributed by atoms with Crippen molar-refractivity contribution in [3.63, 3.8) is 0 Å². The first kappa shape index (κ1) is 13.3. The normalized spacial score (nSPS) is 26.5. The molecule has 0 aliphatic carbocycles. The molecule has 15 heavy (non-hydrogen) atoms. The van der Waals surface area contributed by atoms with Crippen LogP contribution in [0.15, 0.2) is 4.99 Å². The summed E-state index contributed by atoms with van der Waals surface area (Å²) in [7, 11) is 0. The fourth-order valence-electron chi connectivity index (χ4n) is 2.10. The Kier molecular flexibility index (Phi) is 6.59. The van der Waals surface area contributed by atoms with E-state index in [2.05, 4.69) is 20.8 Å². The summed E-state index contributed by atoms with van der Waals surface area (Å²) in [6.07, 6.45) is 9.49. The van der Waals surface area contributed by atoms with Crippen LogP contribution in [-0.4, -0.2) is 25.6 Å². The van der Waals surface area contributed by atoms with E-state index in [1.54, 1.807) is 4.61 Å². The molecule has 1 heterocycles. The third-order valence-corrected chi connectivity index (χ3v) is 5.69. The average Bonchev–Trinajstić information content (AvgIpc) is 2.18. The quantitative estimate of drug-likeness (QED) is 0.512. The molecule has 2 unspecified atom stereocenters. The van der Waals surface area contributed by atoms with E-state index in [1.807, 2.05) is 0 Å². The first-order valence-corrected chi connectivity index (χ1v) is 8.34. The Morgan fingerprint density at radius 2 is 2.07 bits per heavy atom. The van der Waals surface area contributed by atoms with Gasteiger partial charge in [0.05, 0.1) is 0 Å². The van der Waals surface area contributed by atoms with Gasteiger partial charge in [-0.05, 0) is 0 Å². The molecule has 0 N–H and O–H groups in total. The first-order valence-electron chi connectivity index (χ1n) is 6.49. The van der Waals surface area contributed by atoms with Crippen LogP contribution in [0.4, 0.5) is 0 Å².